The van der Waals surface area contributed by atoms with Gasteiger partial charge in [-0.3, -0.25) is 14.3 Å². The van der Waals surface area contributed by atoms with Crippen LogP contribution in [0, 0.1) is 0 Å². The minimum atomic E-state index is -0.314. The van der Waals surface area contributed by atoms with Crippen LogP contribution in [0.3, 0.4) is 0 Å². The lowest BCUT2D eigenvalue weighted by Gasteiger charge is -2.13. The maximum Gasteiger partial charge on any atom is 0.327 e. The van der Waals surface area contributed by atoms with E-state index in [2.05, 4.69) is 9.97 Å². The van der Waals surface area contributed by atoms with Gasteiger partial charge in [0, 0.05) is 12.2 Å². The van der Waals surface area contributed by atoms with Gasteiger partial charge in [0.05, 0.1) is 0 Å². The first kappa shape index (κ1) is 12.0. The molecule has 0 aliphatic rings. The van der Waals surface area contributed by atoms with Crippen LogP contribution in [-0.4, -0.2) is 14.5 Å². The van der Waals surface area contributed by atoms with Crippen molar-refractivity contribution in [3.8, 4) is 0 Å². The highest BCUT2D eigenvalue weighted by Gasteiger charge is 2.17. The fourth-order valence-electron chi connectivity index (χ4n) is 2.09. The summed E-state index contributed by atoms with van der Waals surface area (Å²) in [5.41, 5.74) is 0.169. The van der Waals surface area contributed by atoms with Gasteiger partial charge in [-0.25, -0.2) is 4.79 Å². The van der Waals surface area contributed by atoms with Crippen LogP contribution in [0.4, 0.5) is 0 Å². The fourth-order valence-corrected chi connectivity index (χ4v) is 2.24. The van der Waals surface area contributed by atoms with E-state index in [1.54, 1.807) is 0 Å². The quantitative estimate of drug-likeness (QED) is 0.881. The van der Waals surface area contributed by atoms with Crippen molar-refractivity contribution >= 4 is 22.8 Å². The van der Waals surface area contributed by atoms with Crippen LogP contribution < -0.4 is 11.1 Å². The largest absolute Gasteiger partial charge is 0.345 e. The number of hydrogen-bond acceptors (Lipinski definition) is 2. The summed E-state index contributed by atoms with van der Waals surface area (Å²) in [5.74, 6) is 0. The summed E-state index contributed by atoms with van der Waals surface area (Å²) in [5, 5.41) is 0.0937. The van der Waals surface area contributed by atoms with Crippen LogP contribution in [0.25, 0.3) is 11.2 Å². The molecule has 0 saturated carbocycles. The van der Waals surface area contributed by atoms with Gasteiger partial charge < -0.3 is 4.98 Å². The molecule has 5 nitrogen and oxygen atoms in total. The van der Waals surface area contributed by atoms with Crippen LogP contribution in [0.5, 0.6) is 0 Å². The van der Waals surface area contributed by atoms with Crippen molar-refractivity contribution in [2.45, 2.75) is 32.7 Å². The lowest BCUT2D eigenvalue weighted by atomic mass is 10.1. The van der Waals surface area contributed by atoms with Crippen LogP contribution in [-0.2, 0) is 0 Å². The van der Waals surface area contributed by atoms with E-state index < -0.39 is 0 Å². The first-order valence-corrected chi connectivity index (χ1v) is 5.99. The lowest BCUT2D eigenvalue weighted by Crippen LogP contribution is -2.23. The molecular weight excluding hydrogens is 242 g/mol. The number of aromatic amines is 2. The van der Waals surface area contributed by atoms with E-state index in [1.165, 1.54) is 10.8 Å². The van der Waals surface area contributed by atoms with Crippen LogP contribution in [0.2, 0.25) is 5.02 Å². The standard InChI is InChI=1S/C11H14ClN3O2/c1-3-6(4-2)15-8-9(16)7(12)5-13-10(8)14-11(15)17/h5-6H,3-4H2,1-2H3,(H2,13,14,16,17). The average molecular weight is 256 g/mol. The fraction of sp³-hybridized carbons (Fsp3) is 0.455. The molecule has 0 atom stereocenters. The highest BCUT2D eigenvalue weighted by atomic mass is 35.5. The zero-order valence-corrected chi connectivity index (χ0v) is 10.5. The van der Waals surface area contributed by atoms with Crippen molar-refractivity contribution in [3.63, 3.8) is 0 Å². The third-order valence-electron chi connectivity index (χ3n) is 3.01. The molecule has 2 N–H and O–H groups in total. The SMILES string of the molecule is CCC(CC)n1c(=O)[nH]c2[nH]cc(Cl)c(=O)c21. The molecule has 0 spiro atoms. The van der Waals surface area contributed by atoms with Crippen molar-refractivity contribution < 1.29 is 0 Å². The van der Waals surface area contributed by atoms with Gasteiger partial charge in [0.15, 0.2) is 0 Å². The number of pyridine rings is 1. The lowest BCUT2D eigenvalue weighted by molar-refractivity contribution is 0.471. The van der Waals surface area contributed by atoms with Gasteiger partial charge in [-0.2, -0.15) is 0 Å². The normalized spacial score (nSPS) is 11.5. The number of hydrogen-bond donors (Lipinski definition) is 2. The van der Waals surface area contributed by atoms with E-state index in [4.69, 9.17) is 11.6 Å². The number of rotatable bonds is 3. The van der Waals surface area contributed by atoms with E-state index in [0.717, 1.165) is 12.8 Å². The predicted molar refractivity (Wildman–Crippen MR) is 67.8 cm³/mol. The molecule has 2 rings (SSSR count). The molecule has 2 aromatic heterocycles. The molecule has 0 aliphatic heterocycles. The molecule has 6 heteroatoms. The Hall–Kier alpha value is -1.49. The Labute approximate surface area is 102 Å². The van der Waals surface area contributed by atoms with Gasteiger partial charge in [-0.15, -0.1) is 0 Å². The topological polar surface area (TPSA) is 70.7 Å². The number of nitrogens with zero attached hydrogens (tertiary/aromatic N) is 1. The van der Waals surface area contributed by atoms with Gasteiger partial charge in [0.2, 0.25) is 5.43 Å². The maximum atomic E-state index is 12.0. The van der Waals surface area contributed by atoms with Crippen molar-refractivity contribution in [2.75, 3.05) is 0 Å². The molecule has 0 amide bonds. The Morgan fingerprint density at radius 3 is 2.59 bits per heavy atom. The number of imidazole rings is 1. The third-order valence-corrected chi connectivity index (χ3v) is 3.29. The molecule has 2 aromatic rings. The highest BCUT2D eigenvalue weighted by Crippen LogP contribution is 2.17. The Kier molecular flexibility index (Phi) is 3.11. The Balaban J connectivity index is 2.87. The summed E-state index contributed by atoms with van der Waals surface area (Å²) in [7, 11) is 0. The van der Waals surface area contributed by atoms with Gasteiger partial charge in [-0.05, 0) is 12.8 Å². The van der Waals surface area contributed by atoms with Crippen molar-refractivity contribution in [1.82, 2.24) is 14.5 Å². The predicted octanol–water partition coefficient (Wildman–Crippen LogP) is 2.03. The molecule has 0 unspecified atom stereocenters. The molecule has 0 aromatic carbocycles. The molecule has 17 heavy (non-hydrogen) atoms. The molecule has 0 radical (unpaired) electrons. The molecule has 0 bridgehead atoms. The average Bonchev–Trinajstić information content (AvgIpc) is 2.64. The summed E-state index contributed by atoms with van der Waals surface area (Å²) in [4.78, 5) is 29.3. The molecule has 2 heterocycles. The van der Waals surface area contributed by atoms with E-state index in [0.29, 0.717) is 11.2 Å². The highest BCUT2D eigenvalue weighted by molar-refractivity contribution is 6.30. The maximum absolute atomic E-state index is 12.0. The zero-order valence-electron chi connectivity index (χ0n) is 9.71. The number of aromatic nitrogens is 3. The van der Waals surface area contributed by atoms with E-state index in [9.17, 15) is 9.59 Å². The second-order valence-corrected chi connectivity index (χ2v) is 4.37. The van der Waals surface area contributed by atoms with Gasteiger partial charge in [0.1, 0.15) is 16.2 Å². The summed E-state index contributed by atoms with van der Waals surface area (Å²) < 4.78 is 1.50. The Morgan fingerprint density at radius 2 is 2.00 bits per heavy atom. The molecule has 0 fully saturated rings. The van der Waals surface area contributed by atoms with Crippen molar-refractivity contribution in [2.24, 2.45) is 0 Å². The van der Waals surface area contributed by atoms with Crippen LogP contribution in [0.1, 0.15) is 32.7 Å². The molecule has 0 saturated heterocycles. The second kappa shape index (κ2) is 4.41. The minimum absolute atomic E-state index is 0.0100. The Bertz CT molecular complexity index is 649. The number of fused-ring (bicyclic) bond motifs is 1. The Morgan fingerprint density at radius 1 is 1.35 bits per heavy atom. The summed E-state index contributed by atoms with van der Waals surface area (Å²) in [6, 6.07) is 0.0100. The van der Waals surface area contributed by atoms with Crippen molar-refractivity contribution in [3.05, 3.63) is 31.9 Å². The summed E-state index contributed by atoms with van der Waals surface area (Å²) in [6.45, 7) is 3.97. The first-order valence-electron chi connectivity index (χ1n) is 5.61. The minimum Gasteiger partial charge on any atom is -0.345 e. The number of nitrogens with one attached hydrogen (secondary N) is 2. The van der Waals surface area contributed by atoms with Gasteiger partial charge in [0.25, 0.3) is 0 Å². The first-order chi connectivity index (χ1) is 8.10. The van der Waals surface area contributed by atoms with Gasteiger partial charge >= 0.3 is 5.69 Å². The van der Waals surface area contributed by atoms with Crippen molar-refractivity contribution in [1.29, 1.82) is 0 Å². The third kappa shape index (κ3) is 1.80. The van der Waals surface area contributed by atoms with E-state index in [-0.39, 0.29) is 22.2 Å². The summed E-state index contributed by atoms with van der Waals surface area (Å²) in [6.07, 6.45) is 2.96. The molecule has 92 valence electrons. The number of halogens is 1. The molecule has 0 aliphatic carbocycles. The van der Waals surface area contributed by atoms with Gasteiger partial charge in [-0.1, -0.05) is 25.4 Å². The molecular formula is C11H14ClN3O2. The van der Waals surface area contributed by atoms with E-state index >= 15 is 0 Å². The smallest absolute Gasteiger partial charge is 0.327 e. The monoisotopic (exact) mass is 255 g/mol. The number of H-pyrrole nitrogens is 2. The van der Waals surface area contributed by atoms with Crippen LogP contribution in [0.15, 0.2) is 15.8 Å². The van der Waals surface area contributed by atoms with Crippen LogP contribution >= 0.6 is 11.6 Å². The van der Waals surface area contributed by atoms with E-state index in [1.807, 2.05) is 13.8 Å². The second-order valence-electron chi connectivity index (χ2n) is 3.96. The zero-order chi connectivity index (χ0) is 12.6. The summed E-state index contributed by atoms with van der Waals surface area (Å²) >= 11 is 5.79.